The number of Topliss-reactive ketones (excluding diaryl/α,β-unsaturated/α-hetero) is 1. The zero-order chi connectivity index (χ0) is 23.2. The number of aromatic nitrogens is 1. The van der Waals surface area contributed by atoms with Gasteiger partial charge in [0.15, 0.2) is 5.78 Å². The fourth-order valence-corrected chi connectivity index (χ4v) is 5.21. The summed E-state index contributed by atoms with van der Waals surface area (Å²) in [6.45, 7) is 7.25. The average Bonchev–Trinajstić information content (AvgIpc) is 3.05. The minimum Gasteiger partial charge on any atom is -0.349 e. The molecule has 1 aromatic carbocycles. The molecule has 0 unspecified atom stereocenters. The molecule has 1 aliphatic heterocycles. The second kappa shape index (κ2) is 11.1. The van der Waals surface area contributed by atoms with Crippen molar-refractivity contribution in [3.63, 3.8) is 0 Å². The van der Waals surface area contributed by atoms with E-state index in [9.17, 15) is 9.59 Å². The standard InChI is InChI=1S/C28H37N3O2/c1-20(2)27(32)24-8-7-22-12-16-31(17-13-23(22)18-24)15-11-21-5-9-26(10-6-21)30-28(33)25-4-3-14-29-19-25/h3-4,7-8,14,18-21,26H,5-6,9-13,15-17H2,1-2H3,(H,30,33). The van der Waals surface area contributed by atoms with Crippen molar-refractivity contribution >= 4 is 11.7 Å². The Bertz CT molecular complexity index is 949. The number of hydrogen-bond donors (Lipinski definition) is 1. The van der Waals surface area contributed by atoms with Gasteiger partial charge < -0.3 is 10.2 Å². The zero-order valence-electron chi connectivity index (χ0n) is 20.1. The van der Waals surface area contributed by atoms with Gasteiger partial charge in [-0.15, -0.1) is 0 Å². The lowest BCUT2D eigenvalue weighted by molar-refractivity contribution is 0.0917. The number of nitrogens with zero attached hydrogens (tertiary/aromatic N) is 2. The van der Waals surface area contributed by atoms with E-state index < -0.39 is 0 Å². The molecular weight excluding hydrogens is 410 g/mol. The van der Waals surface area contributed by atoms with E-state index in [1.807, 2.05) is 26.0 Å². The maximum Gasteiger partial charge on any atom is 0.253 e. The molecule has 0 atom stereocenters. The quantitative estimate of drug-likeness (QED) is 0.625. The lowest BCUT2D eigenvalue weighted by Crippen LogP contribution is -2.38. The minimum atomic E-state index is -0.00562. The molecular formula is C28H37N3O2. The number of ketones is 1. The van der Waals surface area contributed by atoms with E-state index in [1.54, 1.807) is 18.5 Å². The number of benzene rings is 1. The molecule has 4 rings (SSSR count). The third-order valence-electron chi connectivity index (χ3n) is 7.37. The van der Waals surface area contributed by atoms with Crippen molar-refractivity contribution in [2.24, 2.45) is 11.8 Å². The Kier molecular flexibility index (Phi) is 7.92. The normalized spacial score (nSPS) is 21.3. The number of fused-ring (bicyclic) bond motifs is 1. The van der Waals surface area contributed by atoms with Crippen LogP contribution in [-0.4, -0.2) is 47.3 Å². The fourth-order valence-electron chi connectivity index (χ4n) is 5.21. The Morgan fingerprint density at radius 2 is 1.79 bits per heavy atom. The summed E-state index contributed by atoms with van der Waals surface area (Å²) >= 11 is 0. The van der Waals surface area contributed by atoms with Gasteiger partial charge in [-0.3, -0.25) is 14.6 Å². The topological polar surface area (TPSA) is 62.3 Å². The van der Waals surface area contributed by atoms with E-state index in [-0.39, 0.29) is 23.7 Å². The SMILES string of the molecule is CC(C)C(=O)c1ccc2c(c1)CCN(CCC1CCC(NC(=O)c3cccnc3)CC1)CC2. The van der Waals surface area contributed by atoms with Gasteiger partial charge in [-0.25, -0.2) is 0 Å². The highest BCUT2D eigenvalue weighted by atomic mass is 16.1. The van der Waals surface area contributed by atoms with Crippen LogP contribution in [-0.2, 0) is 12.8 Å². The molecule has 5 nitrogen and oxygen atoms in total. The van der Waals surface area contributed by atoms with Crippen molar-refractivity contribution in [2.45, 2.75) is 64.8 Å². The van der Waals surface area contributed by atoms with Crippen LogP contribution in [0.4, 0.5) is 0 Å². The fraction of sp³-hybridized carbons (Fsp3) is 0.536. The van der Waals surface area contributed by atoms with Crippen molar-refractivity contribution in [1.29, 1.82) is 0 Å². The van der Waals surface area contributed by atoms with Crippen LogP contribution in [0.25, 0.3) is 0 Å². The van der Waals surface area contributed by atoms with Crippen LogP contribution >= 0.6 is 0 Å². The molecule has 1 aliphatic carbocycles. The lowest BCUT2D eigenvalue weighted by atomic mass is 9.84. The molecule has 0 saturated heterocycles. The Labute approximate surface area is 198 Å². The number of rotatable bonds is 7. The highest BCUT2D eigenvalue weighted by Crippen LogP contribution is 2.28. The monoisotopic (exact) mass is 447 g/mol. The van der Waals surface area contributed by atoms with E-state index in [1.165, 1.54) is 30.4 Å². The Hall–Kier alpha value is -2.53. The van der Waals surface area contributed by atoms with E-state index in [0.29, 0.717) is 5.56 Å². The van der Waals surface area contributed by atoms with Crippen LogP contribution in [0.3, 0.4) is 0 Å². The summed E-state index contributed by atoms with van der Waals surface area (Å²) in [6.07, 6.45) is 11.2. The maximum absolute atomic E-state index is 12.4. The van der Waals surface area contributed by atoms with Crippen LogP contribution in [0.5, 0.6) is 0 Å². The first-order chi connectivity index (χ1) is 16.0. The smallest absolute Gasteiger partial charge is 0.253 e. The average molecular weight is 448 g/mol. The Morgan fingerprint density at radius 3 is 2.48 bits per heavy atom. The summed E-state index contributed by atoms with van der Waals surface area (Å²) in [7, 11) is 0. The number of amides is 1. The highest BCUT2D eigenvalue weighted by molar-refractivity contribution is 5.97. The first-order valence-electron chi connectivity index (χ1n) is 12.6. The molecule has 0 spiro atoms. The number of hydrogen-bond acceptors (Lipinski definition) is 4. The van der Waals surface area contributed by atoms with E-state index in [4.69, 9.17) is 0 Å². The van der Waals surface area contributed by atoms with Gasteiger partial charge in [0.2, 0.25) is 0 Å². The third kappa shape index (κ3) is 6.29. The Morgan fingerprint density at radius 1 is 1.03 bits per heavy atom. The van der Waals surface area contributed by atoms with E-state index in [0.717, 1.165) is 56.8 Å². The molecule has 5 heteroatoms. The van der Waals surface area contributed by atoms with Crippen LogP contribution in [0, 0.1) is 11.8 Å². The van der Waals surface area contributed by atoms with Gasteiger partial charge in [-0.1, -0.05) is 26.0 Å². The first kappa shape index (κ1) is 23.6. The largest absolute Gasteiger partial charge is 0.349 e. The van der Waals surface area contributed by atoms with Crippen LogP contribution < -0.4 is 5.32 Å². The van der Waals surface area contributed by atoms with E-state index >= 15 is 0 Å². The molecule has 0 radical (unpaired) electrons. The van der Waals surface area contributed by atoms with Crippen LogP contribution in [0.2, 0.25) is 0 Å². The van der Waals surface area contributed by atoms with Gasteiger partial charge in [0, 0.05) is 43.0 Å². The van der Waals surface area contributed by atoms with E-state index in [2.05, 4.69) is 27.3 Å². The van der Waals surface area contributed by atoms with Gasteiger partial charge in [0.1, 0.15) is 0 Å². The Balaban J connectivity index is 1.20. The van der Waals surface area contributed by atoms with Gasteiger partial charge >= 0.3 is 0 Å². The predicted octanol–water partition coefficient (Wildman–Crippen LogP) is 4.70. The van der Waals surface area contributed by atoms with Gasteiger partial charge in [0.25, 0.3) is 5.91 Å². The molecule has 1 aromatic heterocycles. The molecule has 1 fully saturated rings. The number of nitrogens with one attached hydrogen (secondary N) is 1. The summed E-state index contributed by atoms with van der Waals surface area (Å²) in [4.78, 5) is 31.4. The summed E-state index contributed by atoms with van der Waals surface area (Å²) in [5.41, 5.74) is 4.27. The molecule has 2 aromatic rings. The molecule has 2 heterocycles. The van der Waals surface area contributed by atoms with Crippen molar-refractivity contribution in [1.82, 2.24) is 15.2 Å². The molecule has 1 N–H and O–H groups in total. The molecule has 1 amide bonds. The van der Waals surface area contributed by atoms with Gasteiger partial charge in [-0.05, 0) is 86.7 Å². The number of carbonyl (C=O) groups is 2. The molecule has 2 aliphatic rings. The predicted molar refractivity (Wildman–Crippen MR) is 132 cm³/mol. The van der Waals surface area contributed by atoms with Crippen molar-refractivity contribution in [3.8, 4) is 0 Å². The van der Waals surface area contributed by atoms with Crippen molar-refractivity contribution < 1.29 is 9.59 Å². The van der Waals surface area contributed by atoms with Crippen molar-refractivity contribution in [3.05, 3.63) is 65.0 Å². The third-order valence-corrected chi connectivity index (χ3v) is 7.37. The summed E-state index contributed by atoms with van der Waals surface area (Å²) in [5, 5.41) is 3.19. The van der Waals surface area contributed by atoms with Crippen LogP contribution in [0.1, 0.15) is 77.8 Å². The summed E-state index contributed by atoms with van der Waals surface area (Å²) < 4.78 is 0. The van der Waals surface area contributed by atoms with Crippen molar-refractivity contribution in [2.75, 3.05) is 19.6 Å². The first-order valence-corrected chi connectivity index (χ1v) is 12.6. The highest BCUT2D eigenvalue weighted by Gasteiger charge is 2.24. The molecule has 33 heavy (non-hydrogen) atoms. The second-order valence-electron chi connectivity index (χ2n) is 10.1. The molecule has 0 bridgehead atoms. The van der Waals surface area contributed by atoms with Crippen LogP contribution in [0.15, 0.2) is 42.7 Å². The molecule has 1 saturated carbocycles. The number of carbonyl (C=O) groups excluding carboxylic acids is 2. The summed E-state index contributed by atoms with van der Waals surface area (Å²) in [5.74, 6) is 1.03. The van der Waals surface area contributed by atoms with Gasteiger partial charge in [-0.2, -0.15) is 0 Å². The second-order valence-corrected chi connectivity index (χ2v) is 10.1. The number of pyridine rings is 1. The lowest BCUT2D eigenvalue weighted by Gasteiger charge is -2.30. The molecule has 176 valence electrons. The zero-order valence-corrected chi connectivity index (χ0v) is 20.1. The maximum atomic E-state index is 12.4. The summed E-state index contributed by atoms with van der Waals surface area (Å²) in [6, 6.07) is 10.2. The minimum absolute atomic E-state index is 0.00562. The van der Waals surface area contributed by atoms with Gasteiger partial charge in [0.05, 0.1) is 5.56 Å².